The standard InChI is InChI=1S/C22H28N4O3.ClH/c23-16-9-11-17(12-10-16)25-21(27)14-20(26-22(24)28)15-5-4-8-19(13-15)29-18-6-2-1-3-7-18;/h1-8,13,16-17,20H,9-12,14,23H2,(H,25,27)(H3,24,26,28);1H. The molecule has 1 atom stereocenters. The number of primary amides is 1. The zero-order valence-corrected chi connectivity index (χ0v) is 17.6. The molecule has 0 heterocycles. The first-order valence-electron chi connectivity index (χ1n) is 9.93. The Balaban J connectivity index is 0.00000320. The summed E-state index contributed by atoms with van der Waals surface area (Å²) in [6.45, 7) is 0. The van der Waals surface area contributed by atoms with Crippen molar-refractivity contribution in [1.82, 2.24) is 10.6 Å². The lowest BCUT2D eigenvalue weighted by atomic mass is 9.91. The van der Waals surface area contributed by atoms with Gasteiger partial charge in [0.1, 0.15) is 11.5 Å². The molecule has 0 aromatic heterocycles. The molecule has 7 nitrogen and oxygen atoms in total. The van der Waals surface area contributed by atoms with Crippen LogP contribution in [-0.4, -0.2) is 24.0 Å². The van der Waals surface area contributed by atoms with Crippen LogP contribution in [0.5, 0.6) is 11.5 Å². The number of hydrogen-bond acceptors (Lipinski definition) is 4. The van der Waals surface area contributed by atoms with E-state index < -0.39 is 12.1 Å². The van der Waals surface area contributed by atoms with Crippen molar-refractivity contribution in [2.45, 2.75) is 50.2 Å². The number of hydrogen-bond donors (Lipinski definition) is 4. The van der Waals surface area contributed by atoms with Crippen molar-refractivity contribution in [1.29, 1.82) is 0 Å². The highest BCUT2D eigenvalue weighted by Gasteiger charge is 2.23. The van der Waals surface area contributed by atoms with E-state index in [0.29, 0.717) is 11.5 Å². The molecule has 3 rings (SSSR count). The Morgan fingerprint density at radius 3 is 2.33 bits per heavy atom. The van der Waals surface area contributed by atoms with Gasteiger partial charge in [0.25, 0.3) is 0 Å². The van der Waals surface area contributed by atoms with Crippen LogP contribution < -0.4 is 26.8 Å². The third-order valence-electron chi connectivity index (χ3n) is 5.08. The number of nitrogens with one attached hydrogen (secondary N) is 2. The van der Waals surface area contributed by atoms with Gasteiger partial charge in [0, 0.05) is 12.1 Å². The van der Waals surface area contributed by atoms with E-state index in [0.717, 1.165) is 31.2 Å². The SMILES string of the molecule is Cl.NC(=O)NC(CC(=O)NC1CCC(N)CC1)c1cccc(Oc2ccccc2)c1. The molecule has 0 radical (unpaired) electrons. The summed E-state index contributed by atoms with van der Waals surface area (Å²) in [5, 5.41) is 5.71. The van der Waals surface area contributed by atoms with Gasteiger partial charge in [-0.3, -0.25) is 4.79 Å². The van der Waals surface area contributed by atoms with Crippen molar-refractivity contribution < 1.29 is 14.3 Å². The zero-order chi connectivity index (χ0) is 20.6. The number of nitrogens with two attached hydrogens (primary N) is 2. The quantitative estimate of drug-likeness (QED) is 0.536. The van der Waals surface area contributed by atoms with E-state index >= 15 is 0 Å². The van der Waals surface area contributed by atoms with Gasteiger partial charge < -0.3 is 26.8 Å². The van der Waals surface area contributed by atoms with Crippen molar-refractivity contribution in [3.8, 4) is 11.5 Å². The van der Waals surface area contributed by atoms with E-state index in [1.807, 2.05) is 48.5 Å². The number of halogens is 1. The molecule has 1 saturated carbocycles. The summed E-state index contributed by atoms with van der Waals surface area (Å²) in [6, 6.07) is 15.8. The minimum Gasteiger partial charge on any atom is -0.457 e. The molecule has 1 aliphatic rings. The van der Waals surface area contributed by atoms with Crippen LogP contribution in [0.4, 0.5) is 4.79 Å². The second-order valence-electron chi connectivity index (χ2n) is 7.43. The highest BCUT2D eigenvalue weighted by molar-refractivity contribution is 5.85. The molecular weight excluding hydrogens is 404 g/mol. The molecule has 3 amide bonds. The summed E-state index contributed by atoms with van der Waals surface area (Å²) in [5.74, 6) is 1.20. The van der Waals surface area contributed by atoms with Gasteiger partial charge in [-0.1, -0.05) is 30.3 Å². The maximum atomic E-state index is 12.6. The topological polar surface area (TPSA) is 119 Å². The van der Waals surface area contributed by atoms with Crippen LogP contribution in [0.2, 0.25) is 0 Å². The lowest BCUT2D eigenvalue weighted by Gasteiger charge is -2.27. The van der Waals surface area contributed by atoms with Crippen LogP contribution in [-0.2, 0) is 4.79 Å². The molecule has 0 spiro atoms. The molecule has 6 N–H and O–H groups in total. The average molecular weight is 433 g/mol. The summed E-state index contributed by atoms with van der Waals surface area (Å²) in [6.07, 6.45) is 3.67. The number of benzene rings is 2. The largest absolute Gasteiger partial charge is 0.457 e. The summed E-state index contributed by atoms with van der Waals surface area (Å²) >= 11 is 0. The van der Waals surface area contributed by atoms with Gasteiger partial charge in [0.15, 0.2) is 0 Å². The molecule has 1 unspecified atom stereocenters. The Morgan fingerprint density at radius 2 is 1.67 bits per heavy atom. The van der Waals surface area contributed by atoms with Gasteiger partial charge in [0.05, 0.1) is 12.5 Å². The predicted octanol–water partition coefficient (Wildman–Crippen LogP) is 3.39. The van der Waals surface area contributed by atoms with Crippen molar-refractivity contribution in [3.05, 3.63) is 60.2 Å². The second-order valence-corrected chi connectivity index (χ2v) is 7.43. The Kier molecular flexibility index (Phi) is 8.95. The predicted molar refractivity (Wildman–Crippen MR) is 119 cm³/mol. The number of amides is 3. The minimum absolute atomic E-state index is 0. The third kappa shape index (κ3) is 7.24. The number of para-hydroxylation sites is 1. The summed E-state index contributed by atoms with van der Waals surface area (Å²) < 4.78 is 5.85. The first-order valence-corrected chi connectivity index (χ1v) is 9.93. The zero-order valence-electron chi connectivity index (χ0n) is 16.8. The fraction of sp³-hybridized carbons (Fsp3) is 0.364. The van der Waals surface area contributed by atoms with Crippen LogP contribution >= 0.6 is 12.4 Å². The molecule has 30 heavy (non-hydrogen) atoms. The van der Waals surface area contributed by atoms with Crippen molar-refractivity contribution in [2.24, 2.45) is 11.5 Å². The van der Waals surface area contributed by atoms with Crippen LogP contribution in [0, 0.1) is 0 Å². The Bertz CT molecular complexity index is 826. The monoisotopic (exact) mass is 432 g/mol. The van der Waals surface area contributed by atoms with Crippen molar-refractivity contribution in [2.75, 3.05) is 0 Å². The molecular formula is C22H29ClN4O3. The smallest absolute Gasteiger partial charge is 0.312 e. The van der Waals surface area contributed by atoms with Crippen molar-refractivity contribution in [3.63, 3.8) is 0 Å². The van der Waals surface area contributed by atoms with Crippen LogP contribution in [0.15, 0.2) is 54.6 Å². The average Bonchev–Trinajstić information content (AvgIpc) is 2.70. The van der Waals surface area contributed by atoms with Crippen LogP contribution in [0.1, 0.15) is 43.7 Å². The van der Waals surface area contributed by atoms with Crippen LogP contribution in [0.25, 0.3) is 0 Å². The van der Waals surface area contributed by atoms with E-state index in [-0.39, 0.29) is 36.8 Å². The number of carbonyl (C=O) groups excluding carboxylic acids is 2. The Morgan fingerprint density at radius 1 is 1.00 bits per heavy atom. The van der Waals surface area contributed by atoms with Gasteiger partial charge in [0.2, 0.25) is 5.91 Å². The number of urea groups is 1. The van der Waals surface area contributed by atoms with Crippen molar-refractivity contribution >= 4 is 24.3 Å². The number of rotatable bonds is 7. The summed E-state index contributed by atoms with van der Waals surface area (Å²) in [4.78, 5) is 24.1. The Hall–Kier alpha value is -2.77. The molecule has 1 fully saturated rings. The van der Waals surface area contributed by atoms with E-state index in [1.54, 1.807) is 6.07 Å². The van der Waals surface area contributed by atoms with E-state index in [2.05, 4.69) is 10.6 Å². The molecule has 0 bridgehead atoms. The Labute approximate surface area is 183 Å². The molecule has 0 saturated heterocycles. The fourth-order valence-electron chi connectivity index (χ4n) is 3.58. The highest BCUT2D eigenvalue weighted by atomic mass is 35.5. The normalized spacial score (nSPS) is 19.1. The van der Waals surface area contributed by atoms with E-state index in [9.17, 15) is 9.59 Å². The van der Waals surface area contributed by atoms with E-state index in [4.69, 9.17) is 16.2 Å². The van der Waals surface area contributed by atoms with Gasteiger partial charge >= 0.3 is 6.03 Å². The van der Waals surface area contributed by atoms with Gasteiger partial charge in [-0.2, -0.15) is 0 Å². The lowest BCUT2D eigenvalue weighted by molar-refractivity contribution is -0.122. The molecule has 2 aromatic carbocycles. The summed E-state index contributed by atoms with van der Waals surface area (Å²) in [7, 11) is 0. The molecule has 8 heteroatoms. The fourth-order valence-corrected chi connectivity index (χ4v) is 3.58. The lowest BCUT2D eigenvalue weighted by Crippen LogP contribution is -2.42. The minimum atomic E-state index is -0.680. The maximum Gasteiger partial charge on any atom is 0.312 e. The summed E-state index contributed by atoms with van der Waals surface area (Å²) in [5.41, 5.74) is 12.0. The van der Waals surface area contributed by atoms with Gasteiger partial charge in [-0.15, -0.1) is 12.4 Å². The first-order chi connectivity index (χ1) is 14.0. The van der Waals surface area contributed by atoms with Gasteiger partial charge in [-0.25, -0.2) is 4.79 Å². The number of ether oxygens (including phenoxy) is 1. The molecule has 162 valence electrons. The molecule has 0 aliphatic heterocycles. The number of carbonyl (C=O) groups is 2. The third-order valence-corrected chi connectivity index (χ3v) is 5.08. The highest BCUT2D eigenvalue weighted by Crippen LogP contribution is 2.26. The van der Waals surface area contributed by atoms with Gasteiger partial charge in [-0.05, 0) is 55.5 Å². The van der Waals surface area contributed by atoms with Crippen LogP contribution in [0.3, 0.4) is 0 Å². The van der Waals surface area contributed by atoms with E-state index in [1.165, 1.54) is 0 Å². The second kappa shape index (κ2) is 11.4. The first kappa shape index (κ1) is 23.5. The molecule has 2 aromatic rings. The molecule has 1 aliphatic carbocycles. The maximum absolute atomic E-state index is 12.6.